The van der Waals surface area contributed by atoms with Crippen molar-refractivity contribution in [2.24, 2.45) is 0 Å². The van der Waals surface area contributed by atoms with Crippen molar-refractivity contribution in [3.05, 3.63) is 24.0 Å². The van der Waals surface area contributed by atoms with Gasteiger partial charge in [0.2, 0.25) is 0 Å². The molecule has 1 N–H and O–H groups in total. The summed E-state index contributed by atoms with van der Waals surface area (Å²) in [5.41, 5.74) is 0.528. The molecule has 2 rings (SSSR count). The molecule has 134 valence electrons. The molecule has 8 nitrogen and oxygen atoms in total. The molecule has 2 heterocycles. The highest BCUT2D eigenvalue weighted by Crippen LogP contribution is 2.20. The number of anilines is 1. The highest BCUT2D eigenvalue weighted by molar-refractivity contribution is 5.92. The second-order valence-electron chi connectivity index (χ2n) is 6.75. The zero-order valence-electron chi connectivity index (χ0n) is 14.9. The summed E-state index contributed by atoms with van der Waals surface area (Å²) in [7, 11) is 1.55. The summed E-state index contributed by atoms with van der Waals surface area (Å²) < 4.78 is 5.37. The fraction of sp³-hybridized carbons (Fsp3) is 0.529. The quantitative estimate of drug-likeness (QED) is 0.870. The van der Waals surface area contributed by atoms with Crippen LogP contribution in [-0.4, -0.2) is 60.2 Å². The topological polar surface area (TPSA) is 98.6 Å². The number of nitriles is 1. The van der Waals surface area contributed by atoms with Gasteiger partial charge in [0.25, 0.3) is 5.91 Å². The molecular formula is C17H23N5O3. The van der Waals surface area contributed by atoms with Gasteiger partial charge in [-0.2, -0.15) is 5.26 Å². The van der Waals surface area contributed by atoms with Crippen molar-refractivity contribution in [2.45, 2.75) is 32.4 Å². The van der Waals surface area contributed by atoms with Gasteiger partial charge in [0.1, 0.15) is 17.3 Å². The van der Waals surface area contributed by atoms with Crippen LogP contribution < -0.4 is 10.2 Å². The van der Waals surface area contributed by atoms with Crippen molar-refractivity contribution in [2.75, 3.05) is 31.6 Å². The Morgan fingerprint density at radius 2 is 2.08 bits per heavy atom. The number of piperazine rings is 1. The van der Waals surface area contributed by atoms with E-state index < -0.39 is 17.7 Å². The van der Waals surface area contributed by atoms with Crippen molar-refractivity contribution in [3.8, 4) is 6.07 Å². The Morgan fingerprint density at radius 1 is 1.36 bits per heavy atom. The average Bonchev–Trinajstić information content (AvgIpc) is 2.59. The van der Waals surface area contributed by atoms with Crippen LogP contribution in [0.25, 0.3) is 0 Å². The van der Waals surface area contributed by atoms with Crippen LogP contribution in [0.1, 0.15) is 31.3 Å². The van der Waals surface area contributed by atoms with Crippen LogP contribution >= 0.6 is 0 Å². The maximum atomic E-state index is 12.3. The zero-order chi connectivity index (χ0) is 18.6. The first-order valence-electron chi connectivity index (χ1n) is 8.07. The number of carbonyl (C=O) groups is 2. The molecule has 1 aliphatic rings. The molecule has 0 radical (unpaired) electrons. The van der Waals surface area contributed by atoms with E-state index in [0.29, 0.717) is 25.3 Å². The molecule has 0 bridgehead atoms. The zero-order valence-corrected chi connectivity index (χ0v) is 14.9. The van der Waals surface area contributed by atoms with Crippen LogP contribution in [0.5, 0.6) is 0 Å². The number of carbonyl (C=O) groups excluding carboxylic acids is 2. The van der Waals surface area contributed by atoms with E-state index in [2.05, 4.69) is 16.4 Å². The standard InChI is InChI=1S/C17H23N5O3/c1-17(2,3)25-16(24)22-8-7-21(11-13(22)9-18)12-5-6-14(20-10-12)15(23)19-4/h5-6,10,13H,7-8,11H2,1-4H3,(H,19,23). The number of rotatable bonds is 2. The molecule has 1 aromatic heterocycles. The minimum atomic E-state index is -0.609. The minimum Gasteiger partial charge on any atom is -0.444 e. The number of nitrogens with zero attached hydrogens (tertiary/aromatic N) is 4. The summed E-state index contributed by atoms with van der Waals surface area (Å²) in [6.45, 7) is 6.67. The predicted molar refractivity (Wildman–Crippen MR) is 92.2 cm³/mol. The van der Waals surface area contributed by atoms with Crippen LogP contribution in [0.3, 0.4) is 0 Å². The SMILES string of the molecule is CNC(=O)c1ccc(N2CCN(C(=O)OC(C)(C)C)C(C#N)C2)cn1. The van der Waals surface area contributed by atoms with Gasteiger partial charge in [-0.3, -0.25) is 9.69 Å². The molecule has 25 heavy (non-hydrogen) atoms. The highest BCUT2D eigenvalue weighted by atomic mass is 16.6. The first-order chi connectivity index (χ1) is 11.7. The van der Waals surface area contributed by atoms with Crippen molar-refractivity contribution in [3.63, 3.8) is 0 Å². The Balaban J connectivity index is 2.07. The van der Waals surface area contributed by atoms with Gasteiger partial charge >= 0.3 is 6.09 Å². The van der Waals surface area contributed by atoms with Gasteiger partial charge in [0.15, 0.2) is 0 Å². The third kappa shape index (κ3) is 4.59. The summed E-state index contributed by atoms with van der Waals surface area (Å²) in [6.07, 6.45) is 1.12. The second kappa shape index (κ2) is 7.38. The minimum absolute atomic E-state index is 0.254. The molecule has 0 saturated carbocycles. The van der Waals surface area contributed by atoms with E-state index >= 15 is 0 Å². The number of amides is 2. The Kier molecular flexibility index (Phi) is 5.47. The van der Waals surface area contributed by atoms with Gasteiger partial charge in [-0.1, -0.05) is 0 Å². The first-order valence-corrected chi connectivity index (χ1v) is 8.07. The molecule has 0 aromatic carbocycles. The van der Waals surface area contributed by atoms with E-state index in [0.717, 1.165) is 5.69 Å². The maximum absolute atomic E-state index is 12.3. The highest BCUT2D eigenvalue weighted by Gasteiger charge is 2.33. The second-order valence-corrected chi connectivity index (χ2v) is 6.75. The third-order valence-electron chi connectivity index (χ3n) is 3.73. The van der Waals surface area contributed by atoms with E-state index in [1.807, 2.05) is 4.90 Å². The van der Waals surface area contributed by atoms with Gasteiger partial charge in [0.05, 0.1) is 24.5 Å². The molecule has 1 unspecified atom stereocenters. The maximum Gasteiger partial charge on any atom is 0.411 e. The molecule has 2 amide bonds. The smallest absolute Gasteiger partial charge is 0.411 e. The summed E-state index contributed by atoms with van der Waals surface area (Å²) in [6, 6.07) is 4.97. The van der Waals surface area contributed by atoms with Gasteiger partial charge in [-0.25, -0.2) is 9.78 Å². The van der Waals surface area contributed by atoms with Crippen LogP contribution in [0.15, 0.2) is 18.3 Å². The summed E-state index contributed by atoms with van der Waals surface area (Å²) in [4.78, 5) is 31.4. The number of aromatic nitrogens is 1. The first kappa shape index (κ1) is 18.5. The van der Waals surface area contributed by atoms with E-state index in [4.69, 9.17) is 4.74 Å². The summed E-state index contributed by atoms with van der Waals surface area (Å²) in [5.74, 6) is -0.254. The molecule has 1 fully saturated rings. The van der Waals surface area contributed by atoms with Crippen LogP contribution in [0.4, 0.5) is 10.5 Å². The molecular weight excluding hydrogens is 322 g/mol. The lowest BCUT2D eigenvalue weighted by atomic mass is 10.1. The molecule has 1 atom stereocenters. The van der Waals surface area contributed by atoms with Crippen LogP contribution in [-0.2, 0) is 4.74 Å². The predicted octanol–water partition coefficient (Wildman–Crippen LogP) is 1.39. The largest absolute Gasteiger partial charge is 0.444 e. The van der Waals surface area contributed by atoms with E-state index in [1.54, 1.807) is 46.1 Å². The average molecular weight is 345 g/mol. The molecule has 0 aliphatic carbocycles. The van der Waals surface area contributed by atoms with Crippen molar-refractivity contribution < 1.29 is 14.3 Å². The van der Waals surface area contributed by atoms with Gasteiger partial charge in [-0.15, -0.1) is 0 Å². The monoisotopic (exact) mass is 345 g/mol. The Hall–Kier alpha value is -2.82. The molecule has 1 saturated heterocycles. The molecule has 1 aliphatic heterocycles. The van der Waals surface area contributed by atoms with Crippen molar-refractivity contribution in [1.82, 2.24) is 15.2 Å². The molecule has 8 heteroatoms. The summed E-state index contributed by atoms with van der Waals surface area (Å²) >= 11 is 0. The normalized spacial score (nSPS) is 17.6. The van der Waals surface area contributed by atoms with E-state index in [9.17, 15) is 14.9 Å². The van der Waals surface area contributed by atoms with Crippen molar-refractivity contribution >= 4 is 17.7 Å². The Morgan fingerprint density at radius 3 is 2.60 bits per heavy atom. The lowest BCUT2D eigenvalue weighted by molar-refractivity contribution is 0.0189. The lowest BCUT2D eigenvalue weighted by Crippen LogP contribution is -2.55. The van der Waals surface area contributed by atoms with E-state index in [-0.39, 0.29) is 5.91 Å². The van der Waals surface area contributed by atoms with Gasteiger partial charge < -0.3 is 15.0 Å². The van der Waals surface area contributed by atoms with E-state index in [1.165, 1.54) is 4.90 Å². The number of hydrogen-bond donors (Lipinski definition) is 1. The number of nitrogens with one attached hydrogen (secondary N) is 1. The van der Waals surface area contributed by atoms with Crippen molar-refractivity contribution in [1.29, 1.82) is 5.26 Å². The fourth-order valence-electron chi connectivity index (χ4n) is 2.50. The lowest BCUT2D eigenvalue weighted by Gasteiger charge is -2.39. The van der Waals surface area contributed by atoms with Crippen LogP contribution in [0.2, 0.25) is 0 Å². The number of ether oxygens (including phenoxy) is 1. The Labute approximate surface area is 147 Å². The molecule has 1 aromatic rings. The number of hydrogen-bond acceptors (Lipinski definition) is 6. The Bertz CT molecular complexity index is 675. The van der Waals surface area contributed by atoms with Crippen LogP contribution in [0, 0.1) is 11.3 Å². The summed E-state index contributed by atoms with van der Waals surface area (Å²) in [5, 5.41) is 11.9. The molecule has 0 spiro atoms. The number of pyridine rings is 1. The van der Waals surface area contributed by atoms with Gasteiger partial charge in [0, 0.05) is 20.1 Å². The third-order valence-corrected chi connectivity index (χ3v) is 3.73. The fourth-order valence-corrected chi connectivity index (χ4v) is 2.50. The van der Waals surface area contributed by atoms with Gasteiger partial charge in [-0.05, 0) is 32.9 Å².